The van der Waals surface area contributed by atoms with Gasteiger partial charge >= 0.3 is 0 Å². The highest BCUT2D eigenvalue weighted by atomic mass is 16.6. The van der Waals surface area contributed by atoms with Gasteiger partial charge in [0.2, 0.25) is 0 Å². The Morgan fingerprint density at radius 1 is 1.00 bits per heavy atom. The number of aromatic nitrogens is 1. The van der Waals surface area contributed by atoms with Gasteiger partial charge in [-0.15, -0.1) is 0 Å². The van der Waals surface area contributed by atoms with Crippen LogP contribution < -0.4 is 0 Å². The first kappa shape index (κ1) is 23.0. The van der Waals surface area contributed by atoms with E-state index in [2.05, 4.69) is 4.98 Å². The molecule has 0 saturated heterocycles. The van der Waals surface area contributed by atoms with Crippen LogP contribution in [0, 0.1) is 10.1 Å². The number of nitrogens with zero attached hydrogens (tertiary/aromatic N) is 4. The van der Waals surface area contributed by atoms with Gasteiger partial charge in [0, 0.05) is 45.6 Å². The third-order valence-corrected chi connectivity index (χ3v) is 5.00. The number of non-ortho nitro benzene ring substituents is 1. The quantitative estimate of drug-likeness (QED) is 0.295. The summed E-state index contributed by atoms with van der Waals surface area (Å²) in [6.07, 6.45) is 1.59. The average molecular weight is 440 g/mol. The van der Waals surface area contributed by atoms with Crippen LogP contribution in [-0.2, 0) is 25.6 Å². The van der Waals surface area contributed by atoms with Crippen LogP contribution in [0.5, 0.6) is 0 Å². The van der Waals surface area contributed by atoms with E-state index in [1.807, 2.05) is 0 Å². The van der Waals surface area contributed by atoms with Crippen molar-refractivity contribution < 1.29 is 24.0 Å². The largest absolute Gasteiger partial charge is 0.383 e. The van der Waals surface area contributed by atoms with Crippen LogP contribution in [0.1, 0.15) is 11.3 Å². The summed E-state index contributed by atoms with van der Waals surface area (Å²) in [7, 11) is 3.10. The van der Waals surface area contributed by atoms with Crippen molar-refractivity contribution in [2.75, 3.05) is 40.5 Å². The van der Waals surface area contributed by atoms with E-state index in [1.54, 1.807) is 43.5 Å². The lowest BCUT2D eigenvalue weighted by molar-refractivity contribution is -0.384. The minimum atomic E-state index is -0.516. The molecule has 32 heavy (non-hydrogen) atoms. The molecule has 0 fully saturated rings. The predicted molar refractivity (Wildman–Crippen MR) is 115 cm³/mol. The highest BCUT2D eigenvalue weighted by Crippen LogP contribution is 2.33. The van der Waals surface area contributed by atoms with Gasteiger partial charge in [-0.1, -0.05) is 6.07 Å². The molecule has 10 heteroatoms. The maximum absolute atomic E-state index is 13.4. The van der Waals surface area contributed by atoms with Crippen LogP contribution in [0.15, 0.2) is 54.4 Å². The van der Waals surface area contributed by atoms with Crippen LogP contribution >= 0.6 is 0 Å². The standard InChI is InChI=1S/C22H24N4O6/c1-31-13-11-24(12-14-32-2)20-19(16-6-8-18(9-7-16)26(29)30)21(27)25(22(20)28)15-17-5-3-4-10-23-17/h3-10H,11-15H2,1-2H3. The maximum atomic E-state index is 13.4. The van der Waals surface area contributed by atoms with Crippen LogP contribution in [0.25, 0.3) is 5.57 Å². The first-order chi connectivity index (χ1) is 15.5. The molecule has 1 aliphatic rings. The number of nitro groups is 1. The monoisotopic (exact) mass is 440 g/mol. The summed E-state index contributed by atoms with van der Waals surface area (Å²) in [6.45, 7) is 1.41. The molecule has 1 aliphatic heterocycles. The van der Waals surface area contributed by atoms with Crippen LogP contribution in [0.3, 0.4) is 0 Å². The fourth-order valence-corrected chi connectivity index (χ4v) is 3.40. The number of hydrogen-bond donors (Lipinski definition) is 0. The van der Waals surface area contributed by atoms with Crippen molar-refractivity contribution >= 4 is 23.1 Å². The molecule has 1 aromatic carbocycles. The van der Waals surface area contributed by atoms with Crippen molar-refractivity contribution in [2.45, 2.75) is 6.54 Å². The minimum Gasteiger partial charge on any atom is -0.383 e. The number of pyridine rings is 1. The summed E-state index contributed by atoms with van der Waals surface area (Å²) >= 11 is 0. The van der Waals surface area contributed by atoms with Crippen molar-refractivity contribution in [3.63, 3.8) is 0 Å². The molecule has 2 heterocycles. The summed E-state index contributed by atoms with van der Waals surface area (Å²) in [5.74, 6) is -0.939. The molecule has 3 rings (SSSR count). The molecule has 0 N–H and O–H groups in total. The number of carbonyl (C=O) groups excluding carboxylic acids is 2. The number of imide groups is 1. The van der Waals surface area contributed by atoms with E-state index in [-0.39, 0.29) is 23.5 Å². The van der Waals surface area contributed by atoms with E-state index in [0.717, 1.165) is 4.90 Å². The fraction of sp³-hybridized carbons (Fsp3) is 0.318. The molecule has 0 saturated carbocycles. The van der Waals surface area contributed by atoms with Crippen LogP contribution in [-0.4, -0.2) is 72.0 Å². The third kappa shape index (κ3) is 4.98. The molecule has 2 amide bonds. The van der Waals surface area contributed by atoms with E-state index in [4.69, 9.17) is 9.47 Å². The van der Waals surface area contributed by atoms with E-state index in [1.165, 1.54) is 24.3 Å². The Bertz CT molecular complexity index is 999. The van der Waals surface area contributed by atoms with E-state index in [9.17, 15) is 19.7 Å². The predicted octanol–water partition coefficient (Wildman–Crippen LogP) is 1.86. The Morgan fingerprint density at radius 3 is 2.19 bits per heavy atom. The van der Waals surface area contributed by atoms with Gasteiger partial charge < -0.3 is 14.4 Å². The number of amides is 2. The summed E-state index contributed by atoms with van der Waals surface area (Å²) in [5, 5.41) is 11.0. The topological polar surface area (TPSA) is 115 Å². The zero-order valence-corrected chi connectivity index (χ0v) is 17.9. The molecular weight excluding hydrogens is 416 g/mol. The van der Waals surface area contributed by atoms with Gasteiger partial charge in [0.15, 0.2) is 0 Å². The second-order valence-electron chi connectivity index (χ2n) is 7.02. The van der Waals surface area contributed by atoms with Crippen molar-refractivity contribution in [3.05, 3.63) is 75.7 Å². The molecule has 0 unspecified atom stereocenters. The lowest BCUT2D eigenvalue weighted by Gasteiger charge is -2.25. The molecule has 168 valence electrons. The van der Waals surface area contributed by atoms with E-state index < -0.39 is 16.7 Å². The average Bonchev–Trinajstić information content (AvgIpc) is 3.05. The lowest BCUT2D eigenvalue weighted by Crippen LogP contribution is -2.37. The number of rotatable bonds is 11. The Labute approximate surface area is 185 Å². The molecule has 0 spiro atoms. The zero-order valence-electron chi connectivity index (χ0n) is 17.9. The summed E-state index contributed by atoms with van der Waals surface area (Å²) in [6, 6.07) is 10.9. The normalized spacial score (nSPS) is 13.8. The summed E-state index contributed by atoms with van der Waals surface area (Å²) in [5.41, 5.74) is 1.29. The lowest BCUT2D eigenvalue weighted by atomic mass is 10.0. The Hall–Kier alpha value is -3.63. The number of carbonyl (C=O) groups is 2. The van der Waals surface area contributed by atoms with Gasteiger partial charge in [-0.25, -0.2) is 0 Å². The zero-order chi connectivity index (χ0) is 23.1. The molecule has 0 radical (unpaired) electrons. The first-order valence-corrected chi connectivity index (χ1v) is 9.96. The summed E-state index contributed by atoms with van der Waals surface area (Å²) in [4.78, 5) is 44.5. The van der Waals surface area contributed by atoms with Gasteiger partial charge in [0.05, 0.1) is 35.9 Å². The molecule has 2 aromatic rings. The number of methoxy groups -OCH3 is 2. The van der Waals surface area contributed by atoms with E-state index >= 15 is 0 Å². The third-order valence-electron chi connectivity index (χ3n) is 5.00. The minimum absolute atomic E-state index is 0.0148. The second kappa shape index (κ2) is 10.6. The van der Waals surface area contributed by atoms with Crippen LogP contribution in [0.4, 0.5) is 5.69 Å². The molecule has 1 aromatic heterocycles. The van der Waals surface area contributed by atoms with Crippen LogP contribution in [0.2, 0.25) is 0 Å². The smallest absolute Gasteiger partial charge is 0.278 e. The SMILES string of the molecule is COCCN(CCOC)C1=C(c2ccc([N+](=O)[O-])cc2)C(=O)N(Cc2ccccn2)C1=O. The first-order valence-electron chi connectivity index (χ1n) is 9.96. The van der Waals surface area contributed by atoms with Gasteiger partial charge in [-0.2, -0.15) is 0 Å². The highest BCUT2D eigenvalue weighted by Gasteiger charge is 2.41. The van der Waals surface area contributed by atoms with Gasteiger partial charge in [0.25, 0.3) is 17.5 Å². The van der Waals surface area contributed by atoms with Crippen molar-refractivity contribution in [1.29, 1.82) is 0 Å². The number of hydrogen-bond acceptors (Lipinski definition) is 8. The fourth-order valence-electron chi connectivity index (χ4n) is 3.40. The summed E-state index contributed by atoms with van der Waals surface area (Å²) < 4.78 is 10.4. The van der Waals surface area contributed by atoms with Gasteiger partial charge in [-0.3, -0.25) is 29.6 Å². The Balaban J connectivity index is 2.05. The molecule has 0 atom stereocenters. The molecule has 10 nitrogen and oxygen atoms in total. The van der Waals surface area contributed by atoms with E-state index in [0.29, 0.717) is 37.6 Å². The number of ether oxygens (including phenoxy) is 2. The Morgan fingerprint density at radius 2 is 1.66 bits per heavy atom. The Kier molecular flexibility index (Phi) is 7.63. The van der Waals surface area contributed by atoms with Crippen molar-refractivity contribution in [3.8, 4) is 0 Å². The van der Waals surface area contributed by atoms with Crippen molar-refractivity contribution in [2.24, 2.45) is 0 Å². The molecular formula is C22H24N4O6. The number of nitro benzene ring substituents is 1. The second-order valence-corrected chi connectivity index (χ2v) is 7.02. The van der Waals surface area contributed by atoms with Gasteiger partial charge in [-0.05, 0) is 29.8 Å². The molecule has 0 aliphatic carbocycles. The molecule has 0 bridgehead atoms. The highest BCUT2D eigenvalue weighted by molar-refractivity contribution is 6.35. The number of benzene rings is 1. The maximum Gasteiger partial charge on any atom is 0.278 e. The van der Waals surface area contributed by atoms with Crippen molar-refractivity contribution in [1.82, 2.24) is 14.8 Å². The van der Waals surface area contributed by atoms with Gasteiger partial charge in [0.1, 0.15) is 5.70 Å².